The highest BCUT2D eigenvalue weighted by molar-refractivity contribution is 5.25. The van der Waals surface area contributed by atoms with Gasteiger partial charge in [0.15, 0.2) is 11.6 Å². The van der Waals surface area contributed by atoms with Crippen molar-refractivity contribution in [1.29, 1.82) is 0 Å². The number of hydrogen-bond acceptors (Lipinski definition) is 2. The van der Waals surface area contributed by atoms with Crippen molar-refractivity contribution < 1.29 is 13.5 Å². The van der Waals surface area contributed by atoms with Gasteiger partial charge in [-0.15, -0.1) is 0 Å². The van der Waals surface area contributed by atoms with Crippen LogP contribution in [0.4, 0.5) is 8.78 Å². The average molecular weight is 221 g/mol. The molecule has 0 aliphatic carbocycles. The highest BCUT2D eigenvalue weighted by atomic mass is 19.1. The molecular formula is C12H9F2NO. The minimum absolute atomic E-state index is 0.106. The van der Waals surface area contributed by atoms with Crippen LogP contribution < -0.4 is 4.74 Å². The second-order valence-electron chi connectivity index (χ2n) is 3.18. The molecule has 0 aliphatic rings. The summed E-state index contributed by atoms with van der Waals surface area (Å²) in [6, 6.07) is 8.40. The summed E-state index contributed by atoms with van der Waals surface area (Å²) in [5.41, 5.74) is 0.658. The van der Waals surface area contributed by atoms with E-state index in [0.717, 1.165) is 18.2 Å². The first-order valence-corrected chi connectivity index (χ1v) is 4.73. The maximum atomic E-state index is 13.2. The van der Waals surface area contributed by atoms with Crippen molar-refractivity contribution in [2.75, 3.05) is 0 Å². The van der Waals surface area contributed by atoms with Gasteiger partial charge in [0.05, 0.1) is 5.69 Å². The molecule has 0 bridgehead atoms. The highest BCUT2D eigenvalue weighted by Gasteiger charge is 2.05. The predicted molar refractivity (Wildman–Crippen MR) is 54.9 cm³/mol. The molecule has 1 aromatic carbocycles. The van der Waals surface area contributed by atoms with Crippen molar-refractivity contribution in [3.8, 4) is 5.75 Å². The molecule has 82 valence electrons. The fraction of sp³-hybridized carbons (Fsp3) is 0.0833. The molecule has 0 radical (unpaired) electrons. The van der Waals surface area contributed by atoms with E-state index in [2.05, 4.69) is 4.98 Å². The Labute approximate surface area is 91.5 Å². The monoisotopic (exact) mass is 221 g/mol. The molecule has 16 heavy (non-hydrogen) atoms. The summed E-state index contributed by atoms with van der Waals surface area (Å²) in [5, 5.41) is 0. The molecule has 2 nitrogen and oxygen atoms in total. The van der Waals surface area contributed by atoms with Crippen molar-refractivity contribution in [2.24, 2.45) is 0 Å². The number of hydrogen-bond donors (Lipinski definition) is 0. The maximum Gasteiger partial charge on any atom is 0.165 e. The second-order valence-corrected chi connectivity index (χ2v) is 3.18. The van der Waals surface area contributed by atoms with Crippen molar-refractivity contribution in [3.05, 3.63) is 59.9 Å². The highest BCUT2D eigenvalue weighted by Crippen LogP contribution is 2.18. The van der Waals surface area contributed by atoms with Crippen molar-refractivity contribution in [2.45, 2.75) is 6.61 Å². The molecule has 4 heteroatoms. The van der Waals surface area contributed by atoms with Crippen molar-refractivity contribution >= 4 is 0 Å². The van der Waals surface area contributed by atoms with E-state index in [1.54, 1.807) is 24.4 Å². The zero-order valence-electron chi connectivity index (χ0n) is 8.36. The van der Waals surface area contributed by atoms with Gasteiger partial charge in [0.25, 0.3) is 0 Å². The fourth-order valence-corrected chi connectivity index (χ4v) is 1.22. The van der Waals surface area contributed by atoms with Crippen LogP contribution in [0.1, 0.15) is 5.69 Å². The topological polar surface area (TPSA) is 22.1 Å². The van der Waals surface area contributed by atoms with E-state index in [0.29, 0.717) is 5.69 Å². The molecule has 0 aliphatic heterocycles. The van der Waals surface area contributed by atoms with Crippen LogP contribution in [-0.2, 0) is 6.61 Å². The third-order valence-corrected chi connectivity index (χ3v) is 1.99. The Morgan fingerprint density at radius 2 is 2.00 bits per heavy atom. The molecule has 0 saturated heterocycles. The molecule has 0 spiro atoms. The van der Waals surface area contributed by atoms with E-state index in [1.807, 2.05) is 0 Å². The van der Waals surface area contributed by atoms with Gasteiger partial charge in [-0.05, 0) is 24.3 Å². The van der Waals surface area contributed by atoms with Crippen LogP contribution in [0, 0.1) is 11.6 Å². The Balaban J connectivity index is 2.08. The first kappa shape index (κ1) is 10.5. The fourth-order valence-electron chi connectivity index (χ4n) is 1.22. The first-order chi connectivity index (χ1) is 7.75. The smallest absolute Gasteiger partial charge is 0.165 e. The molecule has 2 rings (SSSR count). The number of aromatic nitrogens is 1. The second kappa shape index (κ2) is 4.70. The lowest BCUT2D eigenvalue weighted by molar-refractivity contribution is 0.284. The summed E-state index contributed by atoms with van der Waals surface area (Å²) in [6.07, 6.45) is 1.61. The van der Waals surface area contributed by atoms with Gasteiger partial charge in [0, 0.05) is 12.3 Å². The quantitative estimate of drug-likeness (QED) is 0.795. The Hall–Kier alpha value is -1.97. The van der Waals surface area contributed by atoms with Gasteiger partial charge < -0.3 is 4.74 Å². The Morgan fingerprint density at radius 1 is 1.12 bits per heavy atom. The summed E-state index contributed by atoms with van der Waals surface area (Å²) < 4.78 is 31.1. The van der Waals surface area contributed by atoms with Crippen molar-refractivity contribution in [1.82, 2.24) is 4.98 Å². The zero-order chi connectivity index (χ0) is 11.4. The summed E-state index contributed by atoms with van der Waals surface area (Å²) in [4.78, 5) is 4.00. The standard InChI is InChI=1S/C12H9F2NO/c13-9-4-5-11(14)12(7-9)16-8-10-3-1-2-6-15-10/h1-7H,8H2. The van der Waals surface area contributed by atoms with Crippen LogP contribution in [0.15, 0.2) is 42.6 Å². The molecule has 0 N–H and O–H groups in total. The van der Waals surface area contributed by atoms with Gasteiger partial charge in [-0.3, -0.25) is 4.98 Å². The molecule has 1 heterocycles. The number of pyridine rings is 1. The molecule has 0 unspecified atom stereocenters. The largest absolute Gasteiger partial charge is 0.484 e. The third kappa shape index (κ3) is 2.53. The van der Waals surface area contributed by atoms with Gasteiger partial charge in [0.2, 0.25) is 0 Å². The third-order valence-electron chi connectivity index (χ3n) is 1.99. The van der Waals surface area contributed by atoms with E-state index in [1.165, 1.54) is 0 Å². The van der Waals surface area contributed by atoms with E-state index < -0.39 is 11.6 Å². The van der Waals surface area contributed by atoms with Crippen LogP contribution in [-0.4, -0.2) is 4.98 Å². The van der Waals surface area contributed by atoms with E-state index in [-0.39, 0.29) is 12.4 Å². The van der Waals surface area contributed by atoms with E-state index in [4.69, 9.17) is 4.74 Å². The number of ether oxygens (including phenoxy) is 1. The van der Waals surface area contributed by atoms with Crippen LogP contribution in [0.5, 0.6) is 5.75 Å². The first-order valence-electron chi connectivity index (χ1n) is 4.73. The Kier molecular flexibility index (Phi) is 3.10. The minimum atomic E-state index is -0.586. The molecule has 0 saturated carbocycles. The molecule has 0 amide bonds. The maximum absolute atomic E-state index is 13.2. The summed E-state index contributed by atoms with van der Waals surface area (Å²) >= 11 is 0. The summed E-state index contributed by atoms with van der Waals surface area (Å²) in [6.45, 7) is 0.112. The van der Waals surface area contributed by atoms with Gasteiger partial charge in [-0.25, -0.2) is 8.78 Å². The lowest BCUT2D eigenvalue weighted by Crippen LogP contribution is -1.99. The molecule has 0 fully saturated rings. The van der Waals surface area contributed by atoms with Gasteiger partial charge in [0.1, 0.15) is 12.4 Å². The number of halogens is 2. The van der Waals surface area contributed by atoms with E-state index in [9.17, 15) is 8.78 Å². The van der Waals surface area contributed by atoms with Crippen LogP contribution in [0.3, 0.4) is 0 Å². The zero-order valence-corrected chi connectivity index (χ0v) is 8.36. The van der Waals surface area contributed by atoms with Gasteiger partial charge >= 0.3 is 0 Å². The Bertz CT molecular complexity index is 474. The molecule has 1 aromatic heterocycles. The lowest BCUT2D eigenvalue weighted by atomic mass is 10.3. The van der Waals surface area contributed by atoms with Crippen LogP contribution in [0.25, 0.3) is 0 Å². The van der Waals surface area contributed by atoms with Gasteiger partial charge in [-0.1, -0.05) is 6.07 Å². The van der Waals surface area contributed by atoms with E-state index >= 15 is 0 Å². The number of nitrogens with zero attached hydrogens (tertiary/aromatic N) is 1. The van der Waals surface area contributed by atoms with Crippen LogP contribution >= 0.6 is 0 Å². The average Bonchev–Trinajstić information content (AvgIpc) is 2.32. The van der Waals surface area contributed by atoms with Crippen molar-refractivity contribution in [3.63, 3.8) is 0 Å². The minimum Gasteiger partial charge on any atom is -0.484 e. The SMILES string of the molecule is Fc1ccc(F)c(OCc2ccccn2)c1. The summed E-state index contributed by atoms with van der Waals surface area (Å²) in [5.74, 6) is -1.22. The number of benzene rings is 1. The van der Waals surface area contributed by atoms with Gasteiger partial charge in [-0.2, -0.15) is 0 Å². The van der Waals surface area contributed by atoms with Crippen LogP contribution in [0.2, 0.25) is 0 Å². The molecular weight excluding hydrogens is 212 g/mol. The normalized spacial score (nSPS) is 10.1. The molecule has 0 atom stereocenters. The Morgan fingerprint density at radius 3 is 2.75 bits per heavy atom. The number of rotatable bonds is 3. The molecule has 2 aromatic rings. The summed E-state index contributed by atoms with van der Waals surface area (Å²) in [7, 11) is 0. The lowest BCUT2D eigenvalue weighted by Gasteiger charge is -2.06. The predicted octanol–water partition coefficient (Wildman–Crippen LogP) is 2.94.